The molecule has 0 radical (unpaired) electrons. The maximum atomic E-state index is 12.3. The number of fused-ring (bicyclic) bond motifs is 6. The van der Waals surface area contributed by atoms with E-state index in [1.807, 2.05) is 228 Å². The fourth-order valence-electron chi connectivity index (χ4n) is 15.5. The van der Waals surface area contributed by atoms with Gasteiger partial charge in [-0.1, -0.05) is 0 Å². The van der Waals surface area contributed by atoms with Gasteiger partial charge in [-0.25, -0.2) is 23.3 Å². The smallest absolute Gasteiger partial charge is 1.00 e. The van der Waals surface area contributed by atoms with Crippen LogP contribution in [0.15, 0.2) is 159 Å². The molecule has 4 aliphatic carbocycles. The van der Waals surface area contributed by atoms with E-state index in [4.69, 9.17) is 56.4 Å². The summed E-state index contributed by atoms with van der Waals surface area (Å²) < 4.78 is 106. The SMILES string of the molecule is CCOC(=O)CCCOc1cc(-c2c3ccc(=[N+](C)C)cc-3oc3cc(N(C)C)ccc23)c(OC)cc1N(C)C.COc1cc(N(C)C)c(OCCCC(=O)O)cc1-c1c2ccc(=[N+](C)C)cc-2oc2cc(N(C)C)ccc12.COc1cc(N(C)C)c(OCCCC(=O)ON2C(=O)CCC2=O)cc1-c1c2ccc(=[N+](C)C)cc-2oc2cc(N(C)C)ccc12.O.O=C1CCC(=O)C1OC(=O)C(F)(F)F.[Cl-].[Cl-].[Cl-].[K+].[OH-]. The van der Waals surface area contributed by atoms with E-state index in [9.17, 15) is 51.5 Å². The zero-order valence-corrected chi connectivity index (χ0v) is 90.0. The minimum Gasteiger partial charge on any atom is -1.00 e. The van der Waals surface area contributed by atoms with E-state index in [2.05, 4.69) is 99.1 Å². The third-order valence-electron chi connectivity index (χ3n) is 22.8. The van der Waals surface area contributed by atoms with Gasteiger partial charge in [0.2, 0.25) is 22.2 Å². The summed E-state index contributed by atoms with van der Waals surface area (Å²) in [5.41, 5.74) is 16.3. The molecule has 1 saturated heterocycles. The molecule has 0 bridgehead atoms. The Labute approximate surface area is 889 Å². The van der Waals surface area contributed by atoms with Crippen molar-refractivity contribution < 1.29 is 212 Å². The molecule has 0 unspecified atom stereocenters. The number of nitrogens with zero attached hydrogens (tertiary/aromatic N) is 10. The molecule has 4 N–H and O–H groups in total. The Morgan fingerprint density at radius 2 is 0.727 bits per heavy atom. The van der Waals surface area contributed by atoms with Crippen LogP contribution in [0.5, 0.6) is 34.5 Å². The van der Waals surface area contributed by atoms with Gasteiger partial charge in [-0.3, -0.25) is 28.8 Å². The quantitative estimate of drug-likeness (QED) is 0.0126. The fourth-order valence-corrected chi connectivity index (χ4v) is 15.5. The van der Waals surface area contributed by atoms with Crippen molar-refractivity contribution in [2.75, 3.05) is 204 Å². The van der Waals surface area contributed by atoms with Gasteiger partial charge in [0.15, 0.2) is 11.6 Å². The molecule has 1 saturated carbocycles. The average Bonchev–Trinajstić information content (AvgIpc) is 1.17. The van der Waals surface area contributed by atoms with Gasteiger partial charge in [-0.05, 0) is 99.0 Å². The molecule has 143 heavy (non-hydrogen) atoms. The normalized spacial score (nSPS) is 11.9. The first kappa shape index (κ1) is 121. The van der Waals surface area contributed by atoms with E-state index < -0.39 is 53.6 Å². The van der Waals surface area contributed by atoms with Crippen LogP contribution in [0.4, 0.5) is 47.3 Å². The van der Waals surface area contributed by atoms with Gasteiger partial charge in [-0.2, -0.15) is 13.2 Å². The van der Waals surface area contributed by atoms with E-state index in [1.54, 1.807) is 21.3 Å². The van der Waals surface area contributed by atoms with Crippen molar-refractivity contribution in [3.63, 3.8) is 0 Å². The molecule has 40 heteroatoms. The monoisotopic (exact) mass is 2070 g/mol. The maximum Gasteiger partial charge on any atom is 1.00 e. The summed E-state index contributed by atoms with van der Waals surface area (Å²) in [5, 5.41) is 15.5. The van der Waals surface area contributed by atoms with Crippen LogP contribution in [0, 0.1) is 0 Å². The van der Waals surface area contributed by atoms with Crippen LogP contribution in [0.2, 0.25) is 0 Å². The largest absolute Gasteiger partial charge is 1.00 e. The number of ketones is 2. The van der Waals surface area contributed by atoms with Crippen LogP contribution >= 0.6 is 0 Å². The van der Waals surface area contributed by atoms with Crippen molar-refractivity contribution >= 4 is 114 Å². The number of hydrogen-bond donors (Lipinski definition) is 1. The van der Waals surface area contributed by atoms with E-state index >= 15 is 0 Å². The Balaban J connectivity index is 0.000000347. The van der Waals surface area contributed by atoms with Gasteiger partial charge >= 0.3 is 81.4 Å². The summed E-state index contributed by atoms with van der Waals surface area (Å²) in [6, 6.07) is 49.1. The van der Waals surface area contributed by atoms with Crippen molar-refractivity contribution in [1.29, 1.82) is 0 Å². The molecular weight excluding hydrogens is 1950 g/mol. The number of alkyl halides is 3. The third-order valence-corrected chi connectivity index (χ3v) is 22.8. The predicted molar refractivity (Wildman–Crippen MR) is 528 cm³/mol. The van der Waals surface area contributed by atoms with Crippen molar-refractivity contribution in [2.45, 2.75) is 83.4 Å². The van der Waals surface area contributed by atoms with Crippen LogP contribution < -0.4 is 176 Å². The number of hydroxylamine groups is 2. The molecule has 766 valence electrons. The number of carboxylic acids is 1. The van der Waals surface area contributed by atoms with Gasteiger partial charge in [0.25, 0.3) is 11.8 Å². The van der Waals surface area contributed by atoms with E-state index in [0.29, 0.717) is 79.3 Å². The summed E-state index contributed by atoms with van der Waals surface area (Å²) in [5.74, 6) is -0.461. The molecule has 6 aromatic rings. The zero-order valence-electron chi connectivity index (χ0n) is 84.6. The molecule has 2 fully saturated rings. The molecule has 33 nitrogen and oxygen atoms in total. The second-order valence-electron chi connectivity index (χ2n) is 34.4. The number of carbonyl (C=O) groups excluding carboxylic acids is 7. The standard InChI is InChI=1S/C34H39N4O7.C32H40N3O5.C30H35N3O5.C7H5F3O4.3ClH.K.2H2O/c1-35(2)21-10-12-23-28(17-21)44-29-18-22(36(3)4)11-13-24(29)34(23)25-19-30(26(37(5)6)20-27(25)42-7)43-16-8-9-33(41)45-38-31(39)14-15-32(38)40;1-9-38-31(36)11-10-16-39-30-19-25(27(37-8)20-26(30)35(6)7)32-23-14-12-21(33(2)3)17-28(23)40-29-18-22(34(4)5)13-15-24(29)32;1-31(2)19-10-12-21-26(15-19)38-27-16-20(32(3)4)11-13-22(27)30(21)23-17-28(37-14-8-9-29(34)35)24(33(5)6)18-25(23)36-7;8-7(9,10)6(13)14-5-3(11)1-2-4(5)12;;;;;;/h10-13,17-20H,8-9,14-16H2,1-7H3;12-15,17-20H,9-11,16H2,1-8H3;10-13,15-18H,8-9,14H2,1-7H3;5H,1-2H2;3*1H;;2*1H2/q2*+1;;;;;;+1;;/p-3. The van der Waals surface area contributed by atoms with Crippen molar-refractivity contribution in [2.24, 2.45) is 0 Å². The first-order valence-corrected chi connectivity index (χ1v) is 44.4. The number of rotatable bonds is 30. The van der Waals surface area contributed by atoms with E-state index in [0.717, 1.165) is 156 Å². The van der Waals surface area contributed by atoms with E-state index in [1.165, 1.54) is 0 Å². The van der Waals surface area contributed by atoms with Crippen molar-refractivity contribution in [3.05, 3.63) is 162 Å². The Kier molecular flexibility index (Phi) is 45.5. The van der Waals surface area contributed by atoms with Crippen LogP contribution in [0.25, 0.3) is 100 Å². The molecule has 8 aliphatic rings. The van der Waals surface area contributed by atoms with Crippen LogP contribution in [-0.2, 0) is 52.7 Å². The number of carboxylic acid groups (broad SMARTS) is 1. The topological polar surface area (TPSA) is 372 Å². The number of ether oxygens (including phenoxy) is 8. The van der Waals surface area contributed by atoms with E-state index in [-0.39, 0.29) is 151 Å². The first-order chi connectivity index (χ1) is 65.0. The Bertz CT molecular complexity index is 6660. The number of esters is 2. The number of hydrogen-bond acceptors (Lipinski definition) is 27. The number of Topliss-reactive ketones (excluding diaryl/α,β-unsaturated/α-hetero) is 2. The number of carbonyl (C=O) groups is 8. The second kappa shape index (κ2) is 53.8. The van der Waals surface area contributed by atoms with Gasteiger partial charge in [-0.15, -0.1) is 5.06 Å². The maximum absolute atomic E-state index is 12.3. The number of halogens is 6. The summed E-state index contributed by atoms with van der Waals surface area (Å²) in [4.78, 5) is 108. The molecule has 0 spiro atoms. The molecule has 4 aliphatic heterocycles. The summed E-state index contributed by atoms with van der Waals surface area (Å²) >= 11 is 0. The van der Waals surface area contributed by atoms with Crippen LogP contribution in [0.3, 0.4) is 0 Å². The first-order valence-electron chi connectivity index (χ1n) is 44.4. The molecule has 6 aromatic carbocycles. The second-order valence-corrected chi connectivity index (χ2v) is 34.4. The Morgan fingerprint density at radius 3 is 1.00 bits per heavy atom. The summed E-state index contributed by atoms with van der Waals surface area (Å²) in [7, 11) is 40.7. The van der Waals surface area contributed by atoms with Gasteiger partial charge in [0, 0.05) is 261 Å². The number of anilines is 6. The molecular formula is C103H123Cl3F3KN10O23. The Hall–Kier alpha value is -12.4. The molecule has 0 atom stereocenters. The minimum atomic E-state index is -5.18. The molecule has 0 aromatic heterocycles. The summed E-state index contributed by atoms with van der Waals surface area (Å²) in [6.45, 7) is 3.07. The molecule has 14 rings (SSSR count). The molecule has 2 amide bonds. The van der Waals surface area contributed by atoms with Crippen molar-refractivity contribution in [3.8, 4) is 102 Å². The number of imide groups is 1. The fraction of sp³-hybridized carbons (Fsp3) is 0.369. The van der Waals surface area contributed by atoms with Crippen LogP contribution in [-0.4, -0.2) is 255 Å². The Morgan fingerprint density at radius 1 is 0.420 bits per heavy atom. The minimum absolute atomic E-state index is 0. The third kappa shape index (κ3) is 29.5. The van der Waals surface area contributed by atoms with Crippen LogP contribution in [0.1, 0.15) is 71.1 Å². The number of benzene rings is 9. The number of aliphatic carboxylic acids is 1. The van der Waals surface area contributed by atoms with Gasteiger partial charge in [0.05, 0.1) is 89.4 Å². The van der Waals surface area contributed by atoms with Crippen molar-refractivity contribution in [1.82, 2.24) is 18.8 Å². The summed E-state index contributed by atoms with van der Waals surface area (Å²) in [6.07, 6.45) is -5.63. The number of amides is 2. The zero-order chi connectivity index (χ0) is 99.9. The predicted octanol–water partition coefficient (Wildman–Crippen LogP) is 1.27. The van der Waals surface area contributed by atoms with Gasteiger partial charge in [0.1, 0.15) is 111 Å². The number of methoxy groups -OCH3 is 3. The average molecular weight is 2070 g/mol. The molecule has 4 heterocycles. The van der Waals surface area contributed by atoms with Gasteiger partial charge < -0.3 is 139 Å².